The van der Waals surface area contributed by atoms with E-state index in [-0.39, 0.29) is 103 Å². The number of aryl methyl sites for hydroxylation is 1. The van der Waals surface area contributed by atoms with E-state index in [9.17, 15) is 20.1 Å². The van der Waals surface area contributed by atoms with Crippen LogP contribution >= 0.6 is 0 Å². The second-order valence-electron chi connectivity index (χ2n) is 26.8. The maximum atomic E-state index is 16.1. The minimum atomic E-state index is -1.37. The van der Waals surface area contributed by atoms with Crippen molar-refractivity contribution in [3.05, 3.63) is 222 Å². The topological polar surface area (TPSA) is 162 Å². The Morgan fingerprint density at radius 2 is 1.51 bits per heavy atom. The molecule has 10 aliphatic rings. The molecule has 0 saturated heterocycles. The molecular formula is C77H78O11. The molecule has 0 unspecified atom stereocenters. The van der Waals surface area contributed by atoms with Gasteiger partial charge in [0.1, 0.15) is 11.3 Å². The first-order valence-corrected chi connectivity index (χ1v) is 32.4. The van der Waals surface area contributed by atoms with Crippen LogP contribution in [0.2, 0.25) is 0 Å². The number of hydrogen-bond donors (Lipinski definition) is 3. The summed E-state index contributed by atoms with van der Waals surface area (Å²) in [4.78, 5) is 46.5. The molecule has 7 aliphatic carbocycles. The summed E-state index contributed by atoms with van der Waals surface area (Å²) in [5, 5.41) is 32.8. The molecule has 16 rings (SSSR count). The van der Waals surface area contributed by atoms with Crippen LogP contribution < -0.4 is 10.4 Å². The molecule has 4 heterocycles. The lowest BCUT2D eigenvalue weighted by Gasteiger charge is -2.53. The standard InChI is InChI=1S/C77H78O11/c1-44(41-79)54-29-21-45-19-22-47(23-20-45)55-30-26-49(57-15-8-18-65-60(57)32-28-53-13-7-12-52-27-24-48-11-4-6-17-64(48)77(52,53)65)38-51(55)39-68(81)85-72-70-67(34-33-61-63(42-80)69(75(83)86-71(61)70)50(35-37-78)43-84-2)88-76(73(72)87-74(54)82)36-9-16-59-58-31-25-46-10-3-5-14-56(46)62(58)40-66(59)76/h3-6,8-11,14-20,22-25,27-28,31-34,49-53,55,58-59,62,66,72-73,78-80H,7,12-13,21,26,29-30,35-43H2,1-2H3/b54-44-/t49-,50-,51-,52+,53-,55+,58-,59+,62-,66-,72-,73+,76+,77-/m1/s1. The second-order valence-corrected chi connectivity index (χ2v) is 26.8. The molecular weight excluding hydrogens is 1100 g/mol. The van der Waals surface area contributed by atoms with Crippen LogP contribution in [0.1, 0.15) is 174 Å². The first-order valence-electron chi connectivity index (χ1n) is 32.4. The van der Waals surface area contributed by atoms with Gasteiger partial charge < -0.3 is 38.7 Å². The van der Waals surface area contributed by atoms with Crippen LogP contribution in [-0.2, 0) is 42.2 Å². The van der Waals surface area contributed by atoms with E-state index in [1.54, 1.807) is 13.0 Å². The number of rotatable bonds is 8. The number of esters is 2. The zero-order chi connectivity index (χ0) is 60.0. The largest absolute Gasteiger partial charge is 0.482 e. The van der Waals surface area contributed by atoms with Crippen molar-refractivity contribution in [2.75, 3.05) is 26.9 Å². The fourth-order valence-corrected chi connectivity index (χ4v) is 18.9. The Labute approximate surface area is 514 Å². The number of methoxy groups -OCH3 is 1. The van der Waals surface area contributed by atoms with Gasteiger partial charge >= 0.3 is 17.6 Å². The van der Waals surface area contributed by atoms with Gasteiger partial charge in [-0.2, -0.15) is 0 Å². The van der Waals surface area contributed by atoms with Crippen molar-refractivity contribution in [2.45, 2.75) is 137 Å². The Morgan fingerprint density at radius 1 is 0.739 bits per heavy atom. The van der Waals surface area contributed by atoms with Crippen LogP contribution in [0.5, 0.6) is 5.75 Å². The molecule has 2 spiro atoms. The first kappa shape index (κ1) is 57.1. The van der Waals surface area contributed by atoms with Crippen molar-refractivity contribution >= 4 is 41.1 Å². The molecule has 88 heavy (non-hydrogen) atoms. The van der Waals surface area contributed by atoms with E-state index in [4.69, 9.17) is 23.4 Å². The van der Waals surface area contributed by atoms with Crippen LogP contribution in [0, 0.1) is 35.5 Å². The third-order valence-electron chi connectivity index (χ3n) is 22.8. The molecule has 5 aromatic carbocycles. The summed E-state index contributed by atoms with van der Waals surface area (Å²) >= 11 is 0. The molecule has 1 aromatic heterocycles. The van der Waals surface area contributed by atoms with Crippen LogP contribution in [0.15, 0.2) is 154 Å². The SMILES string of the molecule is COC[C@@H](CCO)c1c(CO)c2ccc3c(c2oc1=O)[C@H]1OC(=O)C[C@H]2C[C@H](c4cccc5c4C=C[C@H]4CCC[C@H]6C=Cc7ccccc7[C@@]564)CC[C@H]2c2ccc(cc2)CC/C(=C(\C)CO)C(=O)O[C@@H]1[C@@]1(CC=C[C@H]2[C@H]4C=Cc5ccccc5[C@H]4C[C@H]21)O3. The molecule has 0 radical (unpaired) electrons. The first-order chi connectivity index (χ1) is 43.1. The minimum absolute atomic E-state index is 0.0151. The van der Waals surface area contributed by atoms with Gasteiger partial charge in [-0.15, -0.1) is 0 Å². The smallest absolute Gasteiger partial charge is 0.340 e. The normalized spacial score (nSPS) is 31.5. The van der Waals surface area contributed by atoms with Crippen molar-refractivity contribution < 1.29 is 48.3 Å². The van der Waals surface area contributed by atoms with E-state index in [1.807, 2.05) is 6.07 Å². The van der Waals surface area contributed by atoms with Gasteiger partial charge in [0, 0.05) is 60.3 Å². The summed E-state index contributed by atoms with van der Waals surface area (Å²) in [5.41, 5.74) is 10.7. The third kappa shape index (κ3) is 9.05. The van der Waals surface area contributed by atoms with E-state index >= 15 is 9.59 Å². The number of benzene rings is 5. The highest BCUT2D eigenvalue weighted by Gasteiger charge is 2.65. The van der Waals surface area contributed by atoms with Crippen molar-refractivity contribution in [2.24, 2.45) is 35.5 Å². The maximum Gasteiger partial charge on any atom is 0.340 e. The fraction of sp³-hybridized carbons (Fsp3) is 0.416. The molecule has 3 N–H and O–H groups in total. The highest BCUT2D eigenvalue weighted by molar-refractivity contribution is 5.91. The Hall–Kier alpha value is -7.41. The molecule has 2 bridgehead atoms. The molecule has 14 atom stereocenters. The van der Waals surface area contributed by atoms with E-state index in [0.29, 0.717) is 58.9 Å². The fourth-order valence-electron chi connectivity index (χ4n) is 18.9. The van der Waals surface area contributed by atoms with E-state index < -0.39 is 47.9 Å². The van der Waals surface area contributed by atoms with Gasteiger partial charge in [0.05, 0.1) is 25.4 Å². The van der Waals surface area contributed by atoms with Crippen molar-refractivity contribution in [3.63, 3.8) is 0 Å². The summed E-state index contributed by atoms with van der Waals surface area (Å²) in [6, 6.07) is 36.8. The molecule has 3 fully saturated rings. The highest BCUT2D eigenvalue weighted by atomic mass is 16.6. The summed E-state index contributed by atoms with van der Waals surface area (Å²) in [6.07, 6.45) is 24.0. The lowest BCUT2D eigenvalue weighted by molar-refractivity contribution is -0.205. The quantitative estimate of drug-likeness (QED) is 0.0576. The van der Waals surface area contributed by atoms with Crippen molar-refractivity contribution in [1.82, 2.24) is 0 Å². The second kappa shape index (κ2) is 22.9. The Balaban J connectivity index is 0.882. The van der Waals surface area contributed by atoms with Crippen LogP contribution in [-0.4, -0.2) is 65.9 Å². The predicted octanol–water partition coefficient (Wildman–Crippen LogP) is 13.8. The Bertz CT molecular complexity index is 3970. The molecule has 3 saturated carbocycles. The summed E-state index contributed by atoms with van der Waals surface area (Å²) in [7, 11) is 1.52. The number of carbonyl (C=O) groups excluding carboxylic acids is 2. The van der Waals surface area contributed by atoms with E-state index in [1.165, 1.54) is 52.5 Å². The predicted molar refractivity (Wildman–Crippen MR) is 338 cm³/mol. The number of fused-ring (bicyclic) bond motifs is 19. The number of carbonyl (C=O) groups is 2. The molecule has 11 heteroatoms. The van der Waals surface area contributed by atoms with Crippen molar-refractivity contribution in [3.8, 4) is 5.75 Å². The van der Waals surface area contributed by atoms with Gasteiger partial charge in [-0.3, -0.25) is 4.79 Å². The average Bonchev–Trinajstić information content (AvgIpc) is 0.986. The lowest BCUT2D eigenvalue weighted by Crippen LogP contribution is -2.61. The molecule has 0 amide bonds. The Kier molecular flexibility index (Phi) is 14.8. The van der Waals surface area contributed by atoms with Gasteiger partial charge in [-0.05, 0) is 185 Å². The highest BCUT2D eigenvalue weighted by Crippen LogP contribution is 2.64. The number of hydrogen-bond acceptors (Lipinski definition) is 11. The molecule has 11 nitrogen and oxygen atoms in total. The van der Waals surface area contributed by atoms with E-state index in [2.05, 4.69) is 140 Å². The average molecular weight is 1180 g/mol. The Morgan fingerprint density at radius 3 is 2.32 bits per heavy atom. The number of ether oxygens (including phenoxy) is 4. The number of allylic oxidation sites excluding steroid dienone is 4. The monoisotopic (exact) mass is 1180 g/mol. The van der Waals surface area contributed by atoms with Crippen LogP contribution in [0.3, 0.4) is 0 Å². The third-order valence-corrected chi connectivity index (χ3v) is 22.8. The minimum Gasteiger partial charge on any atom is -0.482 e. The van der Waals surface area contributed by atoms with Crippen LogP contribution in [0.4, 0.5) is 0 Å². The van der Waals surface area contributed by atoms with E-state index in [0.717, 1.165) is 43.2 Å². The van der Waals surface area contributed by atoms with Gasteiger partial charge in [0.2, 0.25) is 0 Å². The van der Waals surface area contributed by atoms with Crippen molar-refractivity contribution in [1.29, 1.82) is 0 Å². The lowest BCUT2D eigenvalue weighted by atomic mass is 9.49. The zero-order valence-corrected chi connectivity index (χ0v) is 50.3. The molecule has 3 aliphatic heterocycles. The van der Waals surface area contributed by atoms with Crippen LogP contribution in [0.25, 0.3) is 29.2 Å². The number of aliphatic hydroxyl groups excluding tert-OH is 3. The summed E-state index contributed by atoms with van der Waals surface area (Å²) in [5.74, 6) is -0.780. The molecule has 6 aromatic rings. The van der Waals surface area contributed by atoms with Gasteiger partial charge in [-0.25, -0.2) is 9.59 Å². The zero-order valence-electron chi connectivity index (χ0n) is 50.3. The molecule has 452 valence electrons. The summed E-state index contributed by atoms with van der Waals surface area (Å²) < 4.78 is 34.1. The summed E-state index contributed by atoms with van der Waals surface area (Å²) in [6.45, 7) is 0.680. The van der Waals surface area contributed by atoms with Gasteiger partial charge in [0.15, 0.2) is 17.8 Å². The van der Waals surface area contributed by atoms with Gasteiger partial charge in [-0.1, -0.05) is 146 Å². The number of aliphatic hydroxyl groups is 3. The van der Waals surface area contributed by atoms with Gasteiger partial charge in [0.25, 0.3) is 0 Å². The maximum absolute atomic E-state index is 16.1.